The van der Waals surface area contributed by atoms with Crippen LogP contribution in [0.25, 0.3) is 11.1 Å². The maximum absolute atomic E-state index is 12.4. The Bertz CT molecular complexity index is 3760. The standard InChI is InChI=1S/C17H20O2.C15H16O2.C14H14O4S.C14H14O3.C14H14O2.C5H12.C3H8.C2H6O2S.C2H6O.9CH4/c1-17(2,13-5-9-15(18-3)10-6-13)14-7-11-16(19-4)12-8-14;1-16-14-7-3-12(4-8-14)11-13-5-9-15(17-2)10-6-13;1-17-11-3-7-13(8-4-11)19(15,16)14-9-5-12(18-2)6-10-14;1-15-11-3-7-13(8-4-11)17-14-9-5-12(16-2)6-10-14;1-15-13-7-3-11(4-8-13)12-5-9-14(16-2)10-6-12;1-5(2,3)4;1-3-2;1-5(2,3)4;1-3-2;;;;;;;;;/h5-12H,1-4H3;3-10H,11H2,1-2H3;3-10H,1-2H3;3-10H,1-2H3;3-10H,1-2H3;1-4H3;3H2,1-2H3;1-2H3;1-2H3;9*1H4. The van der Waals surface area contributed by atoms with Gasteiger partial charge in [-0.25, -0.2) is 16.8 Å². The average Bonchev–Trinajstić information content (AvgIpc) is 0.807. The van der Waals surface area contributed by atoms with Gasteiger partial charge in [-0.3, -0.25) is 0 Å². The van der Waals surface area contributed by atoms with Gasteiger partial charge in [0.25, 0.3) is 0 Å². The number of benzene rings is 10. The zero-order valence-electron chi connectivity index (χ0n) is 64.9. The van der Waals surface area contributed by atoms with Crippen molar-refractivity contribution in [2.75, 3.05) is 97.8 Å². The number of hydrogen-bond donors (Lipinski definition) is 0. The van der Waals surface area contributed by atoms with Crippen molar-refractivity contribution in [2.24, 2.45) is 5.41 Å². The Morgan fingerprint density at radius 2 is 0.398 bits per heavy atom. The maximum atomic E-state index is 12.4. The molecular formula is C95H146O16S2. The van der Waals surface area contributed by atoms with E-state index in [9.17, 15) is 16.8 Å². The topological polar surface area (TPSA) is 179 Å². The van der Waals surface area contributed by atoms with Crippen molar-refractivity contribution in [3.05, 3.63) is 265 Å². The van der Waals surface area contributed by atoms with Gasteiger partial charge in [-0.2, -0.15) is 0 Å². The molecule has 0 bridgehead atoms. The van der Waals surface area contributed by atoms with Crippen molar-refractivity contribution in [1.29, 1.82) is 0 Å². The molecule has 0 saturated carbocycles. The van der Waals surface area contributed by atoms with E-state index in [2.05, 4.69) is 109 Å². The first-order chi connectivity index (χ1) is 49.4. The molecular weight excluding hydrogens is 1460 g/mol. The quantitative estimate of drug-likeness (QED) is 0.0745. The van der Waals surface area contributed by atoms with Crippen LogP contribution in [0, 0.1) is 5.41 Å². The van der Waals surface area contributed by atoms with Crippen molar-refractivity contribution in [1.82, 2.24) is 0 Å². The van der Waals surface area contributed by atoms with Crippen LogP contribution in [0.3, 0.4) is 0 Å². The summed E-state index contributed by atoms with van der Waals surface area (Å²) in [7, 11) is 13.5. The summed E-state index contributed by atoms with van der Waals surface area (Å²) in [5.74, 6) is 9.71. The third-order valence-corrected chi connectivity index (χ3v) is 15.7. The van der Waals surface area contributed by atoms with Gasteiger partial charge in [-0.15, -0.1) is 0 Å². The molecule has 0 aliphatic heterocycles. The van der Waals surface area contributed by atoms with Gasteiger partial charge in [0.1, 0.15) is 78.8 Å². The normalized spacial score (nSPS) is 9.47. The molecule has 0 aliphatic rings. The monoisotopic (exact) mass is 1610 g/mol. The minimum atomic E-state index is -3.50. The minimum Gasteiger partial charge on any atom is -0.497 e. The fourth-order valence-corrected chi connectivity index (χ4v) is 9.80. The van der Waals surface area contributed by atoms with Crippen LogP contribution in [0.4, 0.5) is 0 Å². The molecule has 0 unspecified atom stereocenters. The first-order valence-corrected chi connectivity index (χ1v) is 37.1. The van der Waals surface area contributed by atoms with Crippen LogP contribution in [-0.4, -0.2) is 115 Å². The molecule has 10 aromatic rings. The van der Waals surface area contributed by atoms with E-state index in [1.54, 1.807) is 95.4 Å². The summed E-state index contributed by atoms with van der Waals surface area (Å²) < 4.78 is 105. The second-order valence-electron chi connectivity index (χ2n) is 25.0. The predicted molar refractivity (Wildman–Crippen MR) is 485 cm³/mol. The van der Waals surface area contributed by atoms with Crippen LogP contribution in [0.1, 0.15) is 151 Å². The summed E-state index contributed by atoms with van der Waals surface area (Å²) >= 11 is 0. The third-order valence-electron chi connectivity index (χ3n) is 14.0. The Morgan fingerprint density at radius 3 is 0.575 bits per heavy atom. The van der Waals surface area contributed by atoms with Gasteiger partial charge < -0.3 is 56.8 Å². The number of methoxy groups -OCH3 is 11. The highest BCUT2D eigenvalue weighted by atomic mass is 32.2. The van der Waals surface area contributed by atoms with Gasteiger partial charge >= 0.3 is 0 Å². The van der Waals surface area contributed by atoms with E-state index in [0.717, 1.165) is 76.4 Å². The molecule has 0 N–H and O–H groups in total. The molecule has 16 nitrogen and oxygen atoms in total. The van der Waals surface area contributed by atoms with E-state index in [-0.39, 0.29) is 82.0 Å². The number of sulfone groups is 2. The fraction of sp³-hybridized carbons (Fsp3) is 0.368. The summed E-state index contributed by atoms with van der Waals surface area (Å²) in [4.78, 5) is 0.469. The summed E-state index contributed by atoms with van der Waals surface area (Å²) in [5.41, 5.74) is 7.87. The summed E-state index contributed by atoms with van der Waals surface area (Å²) in [5, 5.41) is 0. The molecule has 0 saturated heterocycles. The van der Waals surface area contributed by atoms with Gasteiger partial charge in [0.2, 0.25) is 9.84 Å². The second kappa shape index (κ2) is 63.4. The van der Waals surface area contributed by atoms with Gasteiger partial charge in [0, 0.05) is 32.1 Å². The molecule has 0 fully saturated rings. The van der Waals surface area contributed by atoms with Crippen molar-refractivity contribution >= 4 is 19.7 Å². The highest BCUT2D eigenvalue weighted by Gasteiger charge is 2.23. The van der Waals surface area contributed by atoms with E-state index >= 15 is 0 Å². The van der Waals surface area contributed by atoms with Gasteiger partial charge in [-0.05, 0) is 215 Å². The van der Waals surface area contributed by atoms with E-state index in [4.69, 9.17) is 52.1 Å². The second-order valence-corrected chi connectivity index (χ2v) is 29.2. The Morgan fingerprint density at radius 1 is 0.257 bits per heavy atom. The highest BCUT2D eigenvalue weighted by molar-refractivity contribution is 7.91. The fourth-order valence-electron chi connectivity index (χ4n) is 8.54. The minimum absolute atomic E-state index is 0. The highest BCUT2D eigenvalue weighted by Crippen LogP contribution is 2.34. The zero-order chi connectivity index (χ0) is 77.7. The smallest absolute Gasteiger partial charge is 0.206 e. The Kier molecular flexibility index (Phi) is 66.5. The molecule has 113 heavy (non-hydrogen) atoms. The van der Waals surface area contributed by atoms with E-state index < -0.39 is 19.7 Å². The molecule has 0 radical (unpaired) electrons. The Balaban J connectivity index is -0.000000190. The SMILES string of the molecule is C.C.C.C.C.C.C.C.C.CC(C)(C)C.CCC.COC.COc1ccc(-c2ccc(OC)cc2)cc1.COc1ccc(C(C)(C)c2ccc(OC)cc2)cc1.COc1ccc(Cc2ccc(OC)cc2)cc1.COc1ccc(Oc2ccc(OC)cc2)cc1.COc1ccc(S(=O)(=O)c2ccc(OC)cc2)cc1.CS(C)(=O)=O. The summed E-state index contributed by atoms with van der Waals surface area (Å²) in [6.45, 7) is 17.4. The molecule has 0 aromatic heterocycles. The van der Waals surface area contributed by atoms with Crippen LogP contribution in [0.15, 0.2) is 252 Å². The number of rotatable bonds is 19. The van der Waals surface area contributed by atoms with Crippen LogP contribution in [0.2, 0.25) is 0 Å². The number of hydrogen-bond acceptors (Lipinski definition) is 16. The summed E-state index contributed by atoms with van der Waals surface area (Å²) in [6.07, 6.45) is 4.49. The largest absolute Gasteiger partial charge is 0.497 e. The van der Waals surface area contributed by atoms with Crippen molar-refractivity contribution < 1.29 is 73.7 Å². The lowest BCUT2D eigenvalue weighted by atomic mass is 9.78. The third kappa shape index (κ3) is 47.7. The molecule has 10 rings (SSSR count). The van der Waals surface area contributed by atoms with E-state index in [1.807, 2.05) is 146 Å². The zero-order valence-corrected chi connectivity index (χ0v) is 66.5. The predicted octanol–water partition coefficient (Wildman–Crippen LogP) is 25.8. The van der Waals surface area contributed by atoms with Gasteiger partial charge in [-0.1, -0.05) is 201 Å². The van der Waals surface area contributed by atoms with Gasteiger partial charge in [0.05, 0.1) is 80.9 Å². The van der Waals surface area contributed by atoms with Crippen LogP contribution < -0.4 is 52.1 Å². The molecule has 0 aliphatic carbocycles. The lowest BCUT2D eigenvalue weighted by Crippen LogP contribution is -2.18. The molecule has 18 heteroatoms. The van der Waals surface area contributed by atoms with Gasteiger partial charge in [0.15, 0.2) is 0 Å². The molecule has 0 atom stereocenters. The number of ether oxygens (including phenoxy) is 12. The lowest BCUT2D eigenvalue weighted by Gasteiger charge is -2.26. The van der Waals surface area contributed by atoms with E-state index in [1.165, 1.54) is 78.3 Å². The summed E-state index contributed by atoms with van der Waals surface area (Å²) in [6, 6.07) is 76.2. The van der Waals surface area contributed by atoms with Crippen molar-refractivity contribution in [3.8, 4) is 80.1 Å². The molecule has 0 heterocycles. The van der Waals surface area contributed by atoms with Crippen LogP contribution >= 0.6 is 0 Å². The molecule has 0 amide bonds. The van der Waals surface area contributed by atoms with Crippen molar-refractivity contribution in [3.63, 3.8) is 0 Å². The first-order valence-electron chi connectivity index (χ1n) is 33.3. The van der Waals surface area contributed by atoms with E-state index in [0.29, 0.717) is 16.9 Å². The Labute approximate surface area is 687 Å². The molecule has 10 aromatic carbocycles. The maximum Gasteiger partial charge on any atom is 0.206 e. The van der Waals surface area contributed by atoms with Crippen molar-refractivity contribution in [2.45, 2.75) is 150 Å². The molecule has 634 valence electrons. The lowest BCUT2D eigenvalue weighted by molar-refractivity contribution is 0.277. The van der Waals surface area contributed by atoms with Crippen LogP contribution in [0.5, 0.6) is 69.0 Å². The average molecular weight is 1610 g/mol. The molecule has 0 spiro atoms. The Hall–Kier alpha value is -10.1. The van der Waals surface area contributed by atoms with Crippen LogP contribution in [-0.2, 0) is 36.2 Å². The first kappa shape index (κ1) is 119.